The standard InChI is InChI=1S/C11H16O3SSi/c1-15-8-5-6-10(14-16(2,3)4)9(7-8)11(12)13/h5-7H,1-4H3,(H,12,13). The lowest BCUT2D eigenvalue weighted by Crippen LogP contribution is -2.30. The van der Waals surface area contributed by atoms with E-state index in [0.717, 1.165) is 4.90 Å². The maximum atomic E-state index is 11.1. The van der Waals surface area contributed by atoms with Gasteiger partial charge < -0.3 is 9.53 Å². The van der Waals surface area contributed by atoms with Crippen molar-refractivity contribution in [2.45, 2.75) is 24.5 Å². The van der Waals surface area contributed by atoms with E-state index in [1.807, 2.05) is 32.0 Å². The van der Waals surface area contributed by atoms with Crippen LogP contribution in [0.4, 0.5) is 0 Å². The number of rotatable bonds is 4. The number of hydrogen-bond acceptors (Lipinski definition) is 3. The van der Waals surface area contributed by atoms with Crippen molar-refractivity contribution in [1.82, 2.24) is 0 Å². The largest absolute Gasteiger partial charge is 0.544 e. The van der Waals surface area contributed by atoms with Gasteiger partial charge in [-0.25, -0.2) is 4.79 Å². The van der Waals surface area contributed by atoms with Crippen LogP contribution in [0.3, 0.4) is 0 Å². The average Bonchev–Trinajstić information content (AvgIpc) is 2.15. The average molecular weight is 256 g/mol. The van der Waals surface area contributed by atoms with Crippen LogP contribution in [0.2, 0.25) is 19.6 Å². The molecule has 0 fully saturated rings. The number of carboxylic acids is 1. The summed E-state index contributed by atoms with van der Waals surface area (Å²) in [5.41, 5.74) is 0.245. The fourth-order valence-corrected chi connectivity index (χ4v) is 2.50. The summed E-state index contributed by atoms with van der Waals surface area (Å²) in [6.45, 7) is 6.09. The van der Waals surface area contributed by atoms with Crippen molar-refractivity contribution >= 4 is 26.0 Å². The van der Waals surface area contributed by atoms with Gasteiger partial charge in [0.15, 0.2) is 0 Å². The van der Waals surface area contributed by atoms with Crippen LogP contribution in [0.15, 0.2) is 23.1 Å². The van der Waals surface area contributed by atoms with Crippen LogP contribution >= 0.6 is 11.8 Å². The van der Waals surface area contributed by atoms with Crippen molar-refractivity contribution in [3.05, 3.63) is 23.8 Å². The van der Waals surface area contributed by atoms with Crippen LogP contribution in [-0.2, 0) is 0 Å². The summed E-state index contributed by atoms with van der Waals surface area (Å²) in [5, 5.41) is 9.11. The van der Waals surface area contributed by atoms with Crippen molar-refractivity contribution in [1.29, 1.82) is 0 Å². The summed E-state index contributed by atoms with van der Waals surface area (Å²) >= 11 is 1.52. The number of aromatic carboxylic acids is 1. The van der Waals surface area contributed by atoms with Crippen molar-refractivity contribution < 1.29 is 14.3 Å². The third-order valence-electron chi connectivity index (χ3n) is 1.83. The predicted molar refractivity (Wildman–Crippen MR) is 69.2 cm³/mol. The molecule has 0 unspecified atom stereocenters. The minimum atomic E-state index is -1.77. The number of thioether (sulfide) groups is 1. The predicted octanol–water partition coefficient (Wildman–Crippen LogP) is 3.32. The van der Waals surface area contributed by atoms with Crippen LogP contribution in [0.1, 0.15) is 10.4 Å². The topological polar surface area (TPSA) is 46.5 Å². The van der Waals surface area contributed by atoms with Gasteiger partial charge in [-0.3, -0.25) is 0 Å². The van der Waals surface area contributed by atoms with Gasteiger partial charge in [0.05, 0.1) is 0 Å². The first-order valence-corrected chi connectivity index (χ1v) is 9.57. The third-order valence-corrected chi connectivity index (χ3v) is 3.39. The van der Waals surface area contributed by atoms with Crippen LogP contribution in [0, 0.1) is 0 Å². The van der Waals surface area contributed by atoms with E-state index in [9.17, 15) is 4.79 Å². The fourth-order valence-electron chi connectivity index (χ4n) is 1.22. The third kappa shape index (κ3) is 3.57. The highest BCUT2D eigenvalue weighted by Crippen LogP contribution is 2.26. The Labute approximate surface area is 101 Å². The van der Waals surface area contributed by atoms with E-state index in [1.54, 1.807) is 12.1 Å². The molecule has 0 heterocycles. The molecule has 0 aliphatic heterocycles. The molecule has 0 aromatic heterocycles. The molecule has 1 N–H and O–H groups in total. The lowest BCUT2D eigenvalue weighted by molar-refractivity contribution is 0.0694. The van der Waals surface area contributed by atoms with Crippen LogP contribution < -0.4 is 4.43 Å². The summed E-state index contributed by atoms with van der Waals surface area (Å²) in [7, 11) is -1.77. The summed E-state index contributed by atoms with van der Waals surface area (Å²) < 4.78 is 5.74. The van der Waals surface area contributed by atoms with Crippen molar-refractivity contribution in [2.24, 2.45) is 0 Å². The molecule has 1 aromatic rings. The zero-order valence-electron chi connectivity index (χ0n) is 9.90. The van der Waals surface area contributed by atoms with Crippen molar-refractivity contribution in [3.8, 4) is 5.75 Å². The molecule has 0 aliphatic carbocycles. The van der Waals surface area contributed by atoms with Gasteiger partial charge in [0, 0.05) is 4.90 Å². The van der Waals surface area contributed by atoms with Gasteiger partial charge >= 0.3 is 5.97 Å². The van der Waals surface area contributed by atoms with Crippen molar-refractivity contribution in [3.63, 3.8) is 0 Å². The van der Waals surface area contributed by atoms with E-state index in [0.29, 0.717) is 5.75 Å². The fraction of sp³-hybridized carbons (Fsp3) is 0.364. The smallest absolute Gasteiger partial charge is 0.339 e. The molecule has 1 aromatic carbocycles. The number of carbonyl (C=O) groups is 1. The van der Waals surface area contributed by atoms with E-state index in [1.165, 1.54) is 11.8 Å². The van der Waals surface area contributed by atoms with Gasteiger partial charge in [0.25, 0.3) is 0 Å². The second kappa shape index (κ2) is 4.93. The zero-order valence-corrected chi connectivity index (χ0v) is 11.7. The SMILES string of the molecule is CSc1ccc(O[Si](C)(C)C)c(C(=O)O)c1. The normalized spacial score (nSPS) is 11.2. The second-order valence-corrected chi connectivity index (χ2v) is 9.69. The van der Waals surface area contributed by atoms with Gasteiger partial charge in [-0.2, -0.15) is 0 Å². The van der Waals surface area contributed by atoms with E-state index >= 15 is 0 Å². The number of carboxylic acid groups (broad SMARTS) is 1. The summed E-state index contributed by atoms with van der Waals surface area (Å²) in [6.07, 6.45) is 1.92. The van der Waals surface area contributed by atoms with Gasteiger partial charge in [-0.05, 0) is 44.1 Å². The molecule has 16 heavy (non-hydrogen) atoms. The Morgan fingerprint density at radius 1 is 1.38 bits per heavy atom. The monoisotopic (exact) mass is 256 g/mol. The van der Waals surface area contributed by atoms with Crippen LogP contribution in [0.25, 0.3) is 0 Å². The molecule has 0 spiro atoms. The quantitative estimate of drug-likeness (QED) is 0.663. The molecule has 0 aliphatic rings. The van der Waals surface area contributed by atoms with Gasteiger partial charge in [0.2, 0.25) is 8.32 Å². The Hall–Kier alpha value is -0.943. The molecule has 0 atom stereocenters. The highest BCUT2D eigenvalue weighted by Gasteiger charge is 2.20. The van der Waals surface area contributed by atoms with E-state index in [2.05, 4.69) is 0 Å². The van der Waals surface area contributed by atoms with Gasteiger partial charge in [-0.15, -0.1) is 11.8 Å². The molecule has 88 valence electrons. The van der Waals surface area contributed by atoms with Gasteiger partial charge in [0.1, 0.15) is 11.3 Å². The molecular formula is C11H16O3SSi. The Kier molecular flexibility index (Phi) is 4.04. The minimum Gasteiger partial charge on any atom is -0.544 e. The number of hydrogen-bond donors (Lipinski definition) is 1. The summed E-state index contributed by atoms with van der Waals surface area (Å²) in [6, 6.07) is 5.28. The molecule has 1 rings (SSSR count). The molecule has 5 heteroatoms. The minimum absolute atomic E-state index is 0.245. The summed E-state index contributed by atoms with van der Waals surface area (Å²) in [4.78, 5) is 12.0. The molecular weight excluding hydrogens is 240 g/mol. The Balaban J connectivity index is 3.13. The maximum Gasteiger partial charge on any atom is 0.339 e. The highest BCUT2D eigenvalue weighted by atomic mass is 32.2. The van der Waals surface area contributed by atoms with Crippen LogP contribution in [0.5, 0.6) is 5.75 Å². The molecule has 0 saturated heterocycles. The molecule has 0 radical (unpaired) electrons. The Bertz CT molecular complexity index is 399. The van der Waals surface area contributed by atoms with Crippen molar-refractivity contribution in [2.75, 3.05) is 6.26 Å². The number of benzene rings is 1. The molecule has 0 bridgehead atoms. The molecule has 0 amide bonds. The molecule has 0 saturated carbocycles. The Morgan fingerprint density at radius 2 is 2.00 bits per heavy atom. The Morgan fingerprint density at radius 3 is 2.44 bits per heavy atom. The molecule has 3 nitrogen and oxygen atoms in total. The van der Waals surface area contributed by atoms with E-state index in [-0.39, 0.29) is 5.56 Å². The second-order valence-electron chi connectivity index (χ2n) is 4.38. The lowest BCUT2D eigenvalue weighted by Gasteiger charge is -2.20. The first-order chi connectivity index (χ1) is 7.33. The van der Waals surface area contributed by atoms with E-state index in [4.69, 9.17) is 9.53 Å². The highest BCUT2D eigenvalue weighted by molar-refractivity contribution is 7.98. The zero-order chi connectivity index (χ0) is 12.3. The lowest BCUT2D eigenvalue weighted by atomic mass is 10.2. The first-order valence-electron chi connectivity index (χ1n) is 4.94. The first kappa shape index (κ1) is 13.1. The summed E-state index contributed by atoms with van der Waals surface area (Å²) in [5.74, 6) is -0.464. The maximum absolute atomic E-state index is 11.1. The van der Waals surface area contributed by atoms with Gasteiger partial charge in [-0.1, -0.05) is 0 Å². The van der Waals surface area contributed by atoms with Crippen LogP contribution in [-0.4, -0.2) is 25.6 Å². The van der Waals surface area contributed by atoms with E-state index < -0.39 is 14.3 Å².